The molecule has 0 aliphatic heterocycles. The number of methoxy groups -OCH3 is 1. The van der Waals surface area contributed by atoms with Gasteiger partial charge in [0, 0.05) is 6.26 Å². The zero-order valence-corrected chi connectivity index (χ0v) is 17.8. The van der Waals surface area contributed by atoms with Crippen LogP contribution in [0.3, 0.4) is 0 Å². The van der Waals surface area contributed by atoms with E-state index in [1.54, 1.807) is 23.9 Å². The van der Waals surface area contributed by atoms with Crippen LogP contribution >= 0.6 is 9.39 Å². The Balaban J connectivity index is 0. The van der Waals surface area contributed by atoms with Crippen LogP contribution in [0.2, 0.25) is 0 Å². The molecule has 1 aromatic rings. The smallest absolute Gasteiger partial charge is 0.323 e. The van der Waals surface area contributed by atoms with Gasteiger partial charge in [-0.15, -0.1) is 0 Å². The third-order valence-corrected chi connectivity index (χ3v) is 4.06. The molecule has 2 atom stereocenters. The van der Waals surface area contributed by atoms with Crippen LogP contribution in [-0.4, -0.2) is 45.5 Å². The van der Waals surface area contributed by atoms with E-state index in [0.29, 0.717) is 6.42 Å². The second kappa shape index (κ2) is 13.3. The maximum atomic E-state index is 11.7. The zero-order valence-electron chi connectivity index (χ0n) is 15.9. The largest absolute Gasteiger partial charge is 0.468 e. The second-order valence-electron chi connectivity index (χ2n) is 4.80. The van der Waals surface area contributed by atoms with Gasteiger partial charge in [0.05, 0.1) is 12.9 Å². The van der Waals surface area contributed by atoms with E-state index in [4.69, 9.17) is 4.74 Å². The molecular formula is C17H32NO4PS. The number of carbonyl (C=O) groups is 1. The number of carbonyl (C=O) groups excluding carboxylic acids is 1. The highest BCUT2D eigenvalue weighted by Crippen LogP contribution is 2.14. The van der Waals surface area contributed by atoms with Crippen LogP contribution in [0.1, 0.15) is 38.8 Å². The van der Waals surface area contributed by atoms with Crippen molar-refractivity contribution in [2.75, 3.05) is 20.4 Å². The highest BCUT2D eigenvalue weighted by atomic mass is 32.2. The van der Waals surface area contributed by atoms with E-state index in [-0.39, 0.29) is 17.8 Å². The van der Waals surface area contributed by atoms with Gasteiger partial charge in [0.15, 0.2) is 9.84 Å². The highest BCUT2D eigenvalue weighted by Gasteiger charge is 2.21. The average molecular weight is 377 g/mol. The molecular weight excluding hydrogens is 345 g/mol. The van der Waals surface area contributed by atoms with Crippen molar-refractivity contribution >= 4 is 25.2 Å². The van der Waals surface area contributed by atoms with Crippen molar-refractivity contribution in [3.63, 3.8) is 0 Å². The molecule has 7 heteroatoms. The van der Waals surface area contributed by atoms with Gasteiger partial charge in [-0.2, -0.15) is 0 Å². The van der Waals surface area contributed by atoms with Gasteiger partial charge in [-0.25, -0.2) is 8.42 Å². The summed E-state index contributed by atoms with van der Waals surface area (Å²) in [7, 11) is 2.57. The number of nitrogens with zero attached hydrogens (tertiary/aromatic N) is 1. The van der Waals surface area contributed by atoms with Gasteiger partial charge in [-0.05, 0) is 24.6 Å². The summed E-state index contributed by atoms with van der Waals surface area (Å²) in [4.78, 5) is 11.7. The van der Waals surface area contributed by atoms with E-state index in [9.17, 15) is 13.2 Å². The minimum atomic E-state index is -3.03. The first-order chi connectivity index (χ1) is 11.2. The van der Waals surface area contributed by atoms with Crippen molar-refractivity contribution in [1.82, 2.24) is 4.67 Å². The molecule has 1 unspecified atom stereocenters. The summed E-state index contributed by atoms with van der Waals surface area (Å²) < 4.78 is 28.9. The van der Waals surface area contributed by atoms with E-state index in [2.05, 4.69) is 9.39 Å². The number of likely N-dealkylation sites (N-methyl/N-ethyl adjacent to an activating group) is 1. The van der Waals surface area contributed by atoms with Crippen LogP contribution in [0.5, 0.6) is 0 Å². The Morgan fingerprint density at radius 2 is 1.54 bits per heavy atom. The Kier molecular flexibility index (Phi) is 14.0. The standard InChI is InChI=1S/C13H20NO4PS.2C2H6/c1-14(19)12(13(15)18-2)8-10-4-6-11(7-5-10)9-20(3,16)17;2*1-2/h4-7,12H,8-9,19H2,1-3H3;2*1-2H3/t12-;;/m0../s1. The molecule has 0 saturated heterocycles. The number of ether oxygens (including phenoxy) is 1. The van der Waals surface area contributed by atoms with Crippen molar-refractivity contribution in [3.05, 3.63) is 35.4 Å². The van der Waals surface area contributed by atoms with Crippen LogP contribution in [-0.2, 0) is 31.5 Å². The SMILES string of the molecule is CC.CC.COC(=O)[C@H](Cc1ccc(CS(C)(=O)=O)cc1)N(C)P. The molecule has 1 aromatic carbocycles. The highest BCUT2D eigenvalue weighted by molar-refractivity contribution is 7.89. The first kappa shape index (κ1) is 25.3. The Morgan fingerprint density at radius 3 is 1.88 bits per heavy atom. The van der Waals surface area contributed by atoms with Gasteiger partial charge in [0.1, 0.15) is 6.04 Å². The summed E-state index contributed by atoms with van der Waals surface area (Å²) in [6.45, 7) is 8.00. The Morgan fingerprint density at radius 1 is 1.12 bits per heavy atom. The molecule has 0 N–H and O–H groups in total. The van der Waals surface area contributed by atoms with E-state index in [1.165, 1.54) is 13.4 Å². The molecule has 5 nitrogen and oxygen atoms in total. The average Bonchev–Trinajstić information content (AvgIpc) is 2.55. The Bertz CT molecular complexity index is 556. The van der Waals surface area contributed by atoms with Crippen molar-refractivity contribution in [1.29, 1.82) is 0 Å². The van der Waals surface area contributed by atoms with Crippen molar-refractivity contribution in [2.45, 2.75) is 45.9 Å². The second-order valence-corrected chi connectivity index (χ2v) is 7.75. The number of rotatable bonds is 6. The lowest BCUT2D eigenvalue weighted by Crippen LogP contribution is -2.35. The summed E-state index contributed by atoms with van der Waals surface area (Å²) in [6.07, 6.45) is 1.71. The van der Waals surface area contributed by atoms with Crippen LogP contribution in [0.4, 0.5) is 0 Å². The van der Waals surface area contributed by atoms with Crippen LogP contribution in [0, 0.1) is 0 Å². The fraction of sp³-hybridized carbons (Fsp3) is 0.588. The summed E-state index contributed by atoms with van der Waals surface area (Å²) in [5.74, 6) is -0.278. The van der Waals surface area contributed by atoms with Gasteiger partial charge in [0.2, 0.25) is 0 Å². The van der Waals surface area contributed by atoms with Crippen LogP contribution in [0.25, 0.3) is 0 Å². The molecule has 0 radical (unpaired) electrons. The number of esters is 1. The van der Waals surface area contributed by atoms with Gasteiger partial charge < -0.3 is 4.74 Å². The van der Waals surface area contributed by atoms with Gasteiger partial charge in [-0.1, -0.05) is 61.4 Å². The quantitative estimate of drug-likeness (QED) is 0.563. The van der Waals surface area contributed by atoms with E-state index in [0.717, 1.165) is 11.1 Å². The first-order valence-electron chi connectivity index (χ1n) is 8.04. The van der Waals surface area contributed by atoms with Crippen LogP contribution < -0.4 is 0 Å². The molecule has 140 valence electrons. The molecule has 0 aliphatic rings. The minimum Gasteiger partial charge on any atom is -0.468 e. The Hall–Kier alpha value is -0.970. The molecule has 1 rings (SSSR count). The van der Waals surface area contributed by atoms with E-state index in [1.807, 2.05) is 39.8 Å². The third kappa shape index (κ3) is 10.7. The lowest BCUT2D eigenvalue weighted by atomic mass is 10.0. The maximum Gasteiger partial charge on any atom is 0.323 e. The van der Waals surface area contributed by atoms with Crippen molar-refractivity contribution in [3.8, 4) is 0 Å². The maximum absolute atomic E-state index is 11.7. The number of benzene rings is 1. The topological polar surface area (TPSA) is 63.7 Å². The molecule has 0 saturated carbocycles. The summed E-state index contributed by atoms with van der Waals surface area (Å²) in [6, 6.07) is 6.83. The van der Waals surface area contributed by atoms with Gasteiger partial charge >= 0.3 is 5.97 Å². The van der Waals surface area contributed by atoms with Crippen molar-refractivity contribution < 1.29 is 17.9 Å². The molecule has 0 heterocycles. The molecule has 0 spiro atoms. The van der Waals surface area contributed by atoms with Crippen molar-refractivity contribution in [2.24, 2.45) is 0 Å². The lowest BCUT2D eigenvalue weighted by molar-refractivity contribution is -0.144. The van der Waals surface area contributed by atoms with Crippen LogP contribution in [0.15, 0.2) is 24.3 Å². The van der Waals surface area contributed by atoms with E-state index < -0.39 is 9.84 Å². The molecule has 0 aliphatic carbocycles. The first-order valence-corrected chi connectivity index (χ1v) is 10.6. The Labute approximate surface area is 150 Å². The molecule has 0 bridgehead atoms. The normalized spacial score (nSPS) is 11.5. The summed E-state index contributed by atoms with van der Waals surface area (Å²) >= 11 is 0. The third-order valence-electron chi connectivity index (χ3n) is 2.85. The predicted molar refractivity (Wildman–Crippen MR) is 105 cm³/mol. The number of sulfone groups is 1. The predicted octanol–water partition coefficient (Wildman–Crippen LogP) is 3.09. The number of hydrogen-bond acceptors (Lipinski definition) is 5. The summed E-state index contributed by atoms with van der Waals surface area (Å²) in [5, 5.41) is 0. The molecule has 0 aromatic heterocycles. The lowest BCUT2D eigenvalue weighted by Gasteiger charge is -2.21. The van der Waals surface area contributed by atoms with E-state index >= 15 is 0 Å². The summed E-state index contributed by atoms with van der Waals surface area (Å²) in [5.41, 5.74) is 1.69. The fourth-order valence-electron chi connectivity index (χ4n) is 1.83. The van der Waals surface area contributed by atoms with Gasteiger partial charge in [-0.3, -0.25) is 9.46 Å². The molecule has 0 fully saturated rings. The number of hydrogen-bond donors (Lipinski definition) is 0. The molecule has 0 amide bonds. The molecule has 24 heavy (non-hydrogen) atoms. The van der Waals surface area contributed by atoms with Gasteiger partial charge in [0.25, 0.3) is 0 Å². The monoisotopic (exact) mass is 377 g/mol. The minimum absolute atomic E-state index is 0.0250. The fourth-order valence-corrected chi connectivity index (χ4v) is 2.85. The zero-order chi connectivity index (χ0) is 19.3.